The normalized spacial score (nSPS) is 13.2. The van der Waals surface area contributed by atoms with E-state index in [4.69, 9.17) is 0 Å². The third-order valence-corrected chi connectivity index (χ3v) is 20.7. The molecule has 0 aliphatic heterocycles. The van der Waals surface area contributed by atoms with Crippen molar-refractivity contribution in [3.8, 4) is 67.0 Å². The van der Waals surface area contributed by atoms with Crippen LogP contribution in [0.5, 0.6) is 0 Å². The number of fused-ring (bicyclic) bond motifs is 15. The van der Waals surface area contributed by atoms with E-state index < -0.39 is 0 Å². The Balaban J connectivity index is 0.551. The highest BCUT2D eigenvalue weighted by Gasteiger charge is 2.48. The molecule has 0 bridgehead atoms. The minimum atomic E-state index is -0.221. The zero-order valence-corrected chi connectivity index (χ0v) is 52.3. The maximum Gasteiger partial charge on any atom is 0.0541 e. The van der Waals surface area contributed by atoms with Crippen molar-refractivity contribution in [2.45, 2.75) is 18.3 Å². The number of nitrogens with zero attached hydrogens (tertiary/aromatic N) is 2. The van der Waals surface area contributed by atoms with Crippen molar-refractivity contribution >= 4 is 89.5 Å². The first-order valence-corrected chi connectivity index (χ1v) is 33.2. The Morgan fingerprint density at radius 1 is 0.242 bits per heavy atom. The van der Waals surface area contributed by atoms with Crippen LogP contribution in [-0.4, -0.2) is 9.13 Å². The number of hydrogen-bond donors (Lipinski definition) is 0. The first kappa shape index (κ1) is 54.6. The van der Waals surface area contributed by atoms with Gasteiger partial charge in [0.2, 0.25) is 0 Å². The smallest absolute Gasteiger partial charge is 0.0541 e. The Kier molecular flexibility index (Phi) is 12.7. The van der Waals surface area contributed by atoms with Gasteiger partial charge in [0, 0.05) is 38.3 Å². The van der Waals surface area contributed by atoms with Gasteiger partial charge >= 0.3 is 0 Å². The Bertz CT molecular complexity index is 5650. The summed E-state index contributed by atoms with van der Waals surface area (Å²) >= 11 is 0. The molecular weight excluding hydrogens is 1150 g/mol. The maximum absolute atomic E-state index is 2.51. The second-order valence-electron chi connectivity index (χ2n) is 26.0. The third kappa shape index (κ3) is 9.16. The van der Waals surface area contributed by atoms with Crippen LogP contribution >= 0.6 is 0 Å². The van der Waals surface area contributed by atoms with Gasteiger partial charge < -0.3 is 9.13 Å². The van der Waals surface area contributed by atoms with Crippen molar-refractivity contribution in [2.24, 2.45) is 0 Å². The molecule has 0 fully saturated rings. The van der Waals surface area contributed by atoms with E-state index in [1.165, 1.54) is 177 Å². The van der Waals surface area contributed by atoms with Gasteiger partial charge in [0.1, 0.15) is 0 Å². The van der Waals surface area contributed by atoms with Crippen LogP contribution in [0.1, 0.15) is 50.9 Å². The average molecular weight is 1210 g/mol. The average Bonchev–Trinajstić information content (AvgIpc) is 1.54. The first-order valence-electron chi connectivity index (χ1n) is 33.2. The molecule has 0 saturated carbocycles. The molecule has 0 atom stereocenters. The summed E-state index contributed by atoms with van der Waals surface area (Å²) in [7, 11) is 0. The second-order valence-corrected chi connectivity index (χ2v) is 26.0. The van der Waals surface area contributed by atoms with Gasteiger partial charge in [-0.2, -0.15) is 0 Å². The van der Waals surface area contributed by atoms with Gasteiger partial charge in [-0.1, -0.05) is 279 Å². The van der Waals surface area contributed by atoms with E-state index in [-0.39, 0.29) is 5.41 Å². The van der Waals surface area contributed by atoms with Crippen molar-refractivity contribution in [2.75, 3.05) is 0 Å². The molecule has 0 radical (unpaired) electrons. The molecule has 0 N–H and O–H groups in total. The van der Waals surface area contributed by atoms with E-state index in [2.05, 4.69) is 361 Å². The highest BCUT2D eigenvalue weighted by Crippen LogP contribution is 2.59. The van der Waals surface area contributed by atoms with Gasteiger partial charge in [-0.05, 0) is 207 Å². The van der Waals surface area contributed by atoms with E-state index in [1.54, 1.807) is 0 Å². The fraction of sp³-hybridized carbons (Fsp3) is 0.0323. The minimum absolute atomic E-state index is 0.221. The molecule has 19 rings (SSSR count). The van der Waals surface area contributed by atoms with Crippen molar-refractivity contribution < 1.29 is 0 Å². The van der Waals surface area contributed by atoms with Crippen molar-refractivity contribution in [1.82, 2.24) is 9.13 Å². The zero-order valence-electron chi connectivity index (χ0n) is 52.3. The number of hydrogen-bond acceptors (Lipinski definition) is 0. The van der Waals surface area contributed by atoms with Crippen LogP contribution in [0.4, 0.5) is 0 Å². The van der Waals surface area contributed by atoms with E-state index in [1.807, 2.05) is 0 Å². The third-order valence-electron chi connectivity index (χ3n) is 20.7. The zero-order chi connectivity index (χ0) is 62.6. The van der Waals surface area contributed by atoms with Gasteiger partial charge in [0.05, 0.1) is 22.1 Å². The lowest BCUT2D eigenvalue weighted by atomic mass is 9.72. The minimum Gasteiger partial charge on any atom is -0.309 e. The van der Waals surface area contributed by atoms with Crippen molar-refractivity contribution in [3.05, 3.63) is 372 Å². The number of para-hydroxylation sites is 2. The molecule has 2 heteroatoms. The topological polar surface area (TPSA) is 9.86 Å². The molecule has 2 aromatic heterocycles. The van der Waals surface area contributed by atoms with Crippen LogP contribution in [0.25, 0.3) is 156 Å². The SMILES string of the molecule is C(=C\c1ccc(-c2ccc3c(c2)c2ccccc2n3-c2ccc3ccccc3c2)cc1)/c1ccc(-c2ccc3c(c2)C2(CCc4ccccc42)c2cc(-c4ccc(/C=C/c5ccc(-c6ccc7c(c6)c6ccccc6n7-c6ccc7ccccc7c6)cc5)cc4)ccc2-3)cc1. The van der Waals surface area contributed by atoms with Gasteiger partial charge in [-0.25, -0.2) is 0 Å². The summed E-state index contributed by atoms with van der Waals surface area (Å²) in [6.45, 7) is 0. The molecule has 0 unspecified atom stereocenters. The van der Waals surface area contributed by atoms with Crippen LogP contribution in [-0.2, 0) is 11.8 Å². The maximum atomic E-state index is 2.51. The monoisotopic (exact) mass is 1210 g/mol. The lowest BCUT2D eigenvalue weighted by Gasteiger charge is -2.29. The van der Waals surface area contributed by atoms with Crippen LogP contribution in [0.15, 0.2) is 328 Å². The van der Waals surface area contributed by atoms with Crippen LogP contribution < -0.4 is 0 Å². The van der Waals surface area contributed by atoms with E-state index in [0.717, 1.165) is 12.8 Å². The summed E-state index contributed by atoms with van der Waals surface area (Å²) in [6.07, 6.45) is 11.0. The van der Waals surface area contributed by atoms with E-state index in [9.17, 15) is 0 Å². The summed E-state index contributed by atoms with van der Waals surface area (Å²) in [4.78, 5) is 0. The molecule has 2 aliphatic rings. The molecule has 2 aliphatic carbocycles. The van der Waals surface area contributed by atoms with Gasteiger partial charge in [0.25, 0.3) is 0 Å². The second kappa shape index (κ2) is 22.1. The number of rotatable bonds is 10. The Hall–Kier alpha value is -12.1. The first-order chi connectivity index (χ1) is 47.0. The number of benzene rings is 15. The van der Waals surface area contributed by atoms with E-state index in [0.29, 0.717) is 0 Å². The molecule has 15 aromatic carbocycles. The summed E-state index contributed by atoms with van der Waals surface area (Å²) in [5, 5.41) is 10.0. The fourth-order valence-corrected chi connectivity index (χ4v) is 16.0. The predicted octanol–water partition coefficient (Wildman–Crippen LogP) is 24.5. The van der Waals surface area contributed by atoms with Gasteiger partial charge in [0.15, 0.2) is 0 Å². The van der Waals surface area contributed by atoms with Crippen LogP contribution in [0.2, 0.25) is 0 Å². The predicted molar refractivity (Wildman–Crippen MR) is 403 cm³/mol. The molecule has 2 nitrogen and oxygen atoms in total. The Morgan fingerprint density at radius 3 is 1.03 bits per heavy atom. The Morgan fingerprint density at radius 2 is 0.589 bits per heavy atom. The van der Waals surface area contributed by atoms with Crippen molar-refractivity contribution in [1.29, 1.82) is 0 Å². The van der Waals surface area contributed by atoms with Gasteiger partial charge in [-0.3, -0.25) is 0 Å². The summed E-state index contributed by atoms with van der Waals surface area (Å²) in [6, 6.07) is 122. The summed E-state index contributed by atoms with van der Waals surface area (Å²) < 4.78 is 4.81. The standard InChI is InChI=1S/C93H62N2/c1-3-14-72-55-78(47-41-65(72)11-1)94-89-19-9-6-16-82(89)84-57-74(45-51-91(84)94)67-33-25-61(26-34-67)21-23-63-29-37-69(38-30-63)76-43-49-80-81-50-44-77(60-88(81)93(87(80)59-76)54-53-71-13-5-8-18-86(71)93)70-39-31-64(32-40-70)24-22-62-27-35-68(36-28-62)75-46-52-92-85(58-75)83-17-7-10-20-90(83)95(92)79-48-42-66-12-2-4-15-73(66)56-79/h1-52,55-60H,53-54H2/b23-21+,24-22+. The molecule has 2 heterocycles. The molecule has 17 aromatic rings. The molecule has 0 amide bonds. The molecule has 95 heavy (non-hydrogen) atoms. The quantitative estimate of drug-likeness (QED) is 0.121. The highest BCUT2D eigenvalue weighted by molar-refractivity contribution is 6.12. The lowest BCUT2D eigenvalue weighted by molar-refractivity contribution is 0.626. The molecule has 1 spiro atoms. The molecule has 0 saturated heterocycles. The Labute approximate surface area is 552 Å². The number of aromatic nitrogens is 2. The van der Waals surface area contributed by atoms with Crippen LogP contribution in [0.3, 0.4) is 0 Å². The van der Waals surface area contributed by atoms with Crippen LogP contribution in [0, 0.1) is 0 Å². The molecule has 444 valence electrons. The lowest BCUT2D eigenvalue weighted by Crippen LogP contribution is -2.23. The summed E-state index contributed by atoms with van der Waals surface area (Å²) in [5.41, 5.74) is 29.9. The highest BCUT2D eigenvalue weighted by atomic mass is 15.0. The van der Waals surface area contributed by atoms with Crippen molar-refractivity contribution in [3.63, 3.8) is 0 Å². The van der Waals surface area contributed by atoms with Gasteiger partial charge in [-0.15, -0.1) is 0 Å². The number of aryl methyl sites for hydroxylation is 1. The molecular formula is C93H62N2. The fourth-order valence-electron chi connectivity index (χ4n) is 16.0. The summed E-state index contributed by atoms with van der Waals surface area (Å²) in [5.74, 6) is 0. The largest absolute Gasteiger partial charge is 0.309 e. The van der Waals surface area contributed by atoms with E-state index >= 15 is 0 Å².